The van der Waals surface area contributed by atoms with Gasteiger partial charge in [0.15, 0.2) is 0 Å². The highest BCUT2D eigenvalue weighted by Gasteiger charge is 2.19. The summed E-state index contributed by atoms with van der Waals surface area (Å²) in [5.74, 6) is -0.428. The maximum Gasteiger partial charge on any atom is 0.126 e. The van der Waals surface area contributed by atoms with Crippen molar-refractivity contribution in [1.82, 2.24) is 4.90 Å². The highest BCUT2D eigenvalue weighted by molar-refractivity contribution is 5.20. The molecule has 1 unspecified atom stereocenters. The Morgan fingerprint density at radius 3 is 2.38 bits per heavy atom. The van der Waals surface area contributed by atoms with Crippen molar-refractivity contribution in [2.75, 3.05) is 19.6 Å². The lowest BCUT2D eigenvalue weighted by Gasteiger charge is -2.32. The summed E-state index contributed by atoms with van der Waals surface area (Å²) < 4.78 is 26.3. The molecule has 0 amide bonds. The van der Waals surface area contributed by atoms with Crippen LogP contribution in [-0.4, -0.2) is 29.6 Å². The van der Waals surface area contributed by atoms with E-state index in [9.17, 15) is 13.9 Å². The zero-order valence-electron chi connectivity index (χ0n) is 12.7. The Labute approximate surface area is 125 Å². The molecule has 1 heterocycles. The second-order valence-corrected chi connectivity index (χ2v) is 6.08. The van der Waals surface area contributed by atoms with Crippen LogP contribution in [0.3, 0.4) is 0 Å². The molecule has 0 spiro atoms. The third-order valence-corrected chi connectivity index (χ3v) is 4.39. The summed E-state index contributed by atoms with van der Waals surface area (Å²) >= 11 is 0. The van der Waals surface area contributed by atoms with E-state index in [-0.39, 0.29) is 0 Å². The molecular formula is C17H25F2NO. The fourth-order valence-corrected chi connectivity index (χ4v) is 3.15. The molecule has 2 rings (SSSR count). The third kappa shape index (κ3) is 5.04. The highest BCUT2D eigenvalue weighted by Crippen LogP contribution is 2.24. The summed E-state index contributed by atoms with van der Waals surface area (Å²) in [4.78, 5) is 2.34. The van der Waals surface area contributed by atoms with E-state index in [0.717, 1.165) is 31.6 Å². The number of rotatable bonds is 6. The Balaban J connectivity index is 1.78. The monoisotopic (exact) mass is 297 g/mol. The average molecular weight is 297 g/mol. The largest absolute Gasteiger partial charge is 0.388 e. The van der Waals surface area contributed by atoms with Crippen molar-refractivity contribution in [1.29, 1.82) is 0 Å². The van der Waals surface area contributed by atoms with Crippen LogP contribution in [-0.2, 0) is 0 Å². The summed E-state index contributed by atoms with van der Waals surface area (Å²) in [5.41, 5.74) is 0.327. The van der Waals surface area contributed by atoms with Crippen molar-refractivity contribution in [2.24, 2.45) is 5.92 Å². The first-order chi connectivity index (χ1) is 10.1. The minimum absolute atomic E-state index is 0.327. The van der Waals surface area contributed by atoms with E-state index in [1.54, 1.807) is 0 Å². The van der Waals surface area contributed by atoms with Crippen molar-refractivity contribution < 1.29 is 13.9 Å². The Hall–Kier alpha value is -1.00. The maximum absolute atomic E-state index is 13.1. The molecule has 1 aliphatic heterocycles. The summed E-state index contributed by atoms with van der Waals surface area (Å²) in [6.45, 7) is 5.13. The molecular weight excluding hydrogens is 272 g/mol. The topological polar surface area (TPSA) is 23.5 Å². The molecule has 0 aliphatic carbocycles. The van der Waals surface area contributed by atoms with Crippen LogP contribution >= 0.6 is 0 Å². The molecule has 0 bridgehead atoms. The first kappa shape index (κ1) is 16.4. The Morgan fingerprint density at radius 2 is 1.81 bits per heavy atom. The quantitative estimate of drug-likeness (QED) is 0.861. The number of piperidine rings is 1. The van der Waals surface area contributed by atoms with E-state index in [1.807, 2.05) is 0 Å². The van der Waals surface area contributed by atoms with Gasteiger partial charge in [-0.2, -0.15) is 0 Å². The third-order valence-electron chi connectivity index (χ3n) is 4.39. The van der Waals surface area contributed by atoms with Gasteiger partial charge in [0.2, 0.25) is 0 Å². The van der Waals surface area contributed by atoms with E-state index in [2.05, 4.69) is 11.8 Å². The van der Waals surface area contributed by atoms with Gasteiger partial charge in [-0.3, -0.25) is 0 Å². The standard InChI is InChI=1S/C17H25F2NO/c1-2-3-13-4-7-20(8-5-13)9-6-17(21)14-10-15(18)12-16(19)11-14/h10-13,17,21H,2-9H2,1H3. The molecule has 1 aliphatic rings. The number of hydrogen-bond donors (Lipinski definition) is 1. The van der Waals surface area contributed by atoms with E-state index in [1.165, 1.54) is 37.8 Å². The number of hydrogen-bond acceptors (Lipinski definition) is 2. The Kier molecular flexibility index (Phi) is 6.12. The molecule has 0 saturated carbocycles. The van der Waals surface area contributed by atoms with Crippen LogP contribution in [0.1, 0.15) is 50.7 Å². The van der Waals surface area contributed by atoms with E-state index in [0.29, 0.717) is 12.0 Å². The molecule has 1 aromatic rings. The van der Waals surface area contributed by atoms with Gasteiger partial charge in [-0.05, 0) is 56.0 Å². The number of likely N-dealkylation sites (tertiary alicyclic amines) is 1. The molecule has 0 aromatic heterocycles. The van der Waals surface area contributed by atoms with Crippen LogP contribution in [0, 0.1) is 17.6 Å². The van der Waals surface area contributed by atoms with Crippen molar-refractivity contribution in [3.05, 3.63) is 35.4 Å². The van der Waals surface area contributed by atoms with Gasteiger partial charge in [0.05, 0.1) is 6.10 Å². The van der Waals surface area contributed by atoms with Crippen LogP contribution in [0.2, 0.25) is 0 Å². The van der Waals surface area contributed by atoms with Gasteiger partial charge < -0.3 is 10.0 Å². The normalized spacial score (nSPS) is 18.9. The predicted molar refractivity (Wildman–Crippen MR) is 80.0 cm³/mol. The fourth-order valence-electron chi connectivity index (χ4n) is 3.15. The summed E-state index contributed by atoms with van der Waals surface area (Å²) in [6, 6.07) is 3.25. The molecule has 4 heteroatoms. The van der Waals surface area contributed by atoms with Crippen LogP contribution in [0.5, 0.6) is 0 Å². The first-order valence-electron chi connectivity index (χ1n) is 7.95. The number of aliphatic hydroxyl groups is 1. The molecule has 1 N–H and O–H groups in total. The summed E-state index contributed by atoms with van der Waals surface area (Å²) in [5, 5.41) is 10.1. The van der Waals surface area contributed by atoms with Gasteiger partial charge in [0.1, 0.15) is 11.6 Å². The molecule has 0 radical (unpaired) electrons. The number of nitrogens with zero attached hydrogens (tertiary/aromatic N) is 1. The van der Waals surface area contributed by atoms with Gasteiger partial charge in [0, 0.05) is 12.6 Å². The number of benzene rings is 1. The first-order valence-corrected chi connectivity index (χ1v) is 7.95. The van der Waals surface area contributed by atoms with Crippen molar-refractivity contribution >= 4 is 0 Å². The second kappa shape index (κ2) is 7.85. The lowest BCUT2D eigenvalue weighted by atomic mass is 9.92. The van der Waals surface area contributed by atoms with E-state index < -0.39 is 17.7 Å². The maximum atomic E-state index is 13.1. The van der Waals surface area contributed by atoms with Crippen LogP contribution in [0.4, 0.5) is 8.78 Å². The molecule has 1 saturated heterocycles. The van der Waals surface area contributed by atoms with E-state index in [4.69, 9.17) is 0 Å². The summed E-state index contributed by atoms with van der Waals surface area (Å²) in [6.07, 6.45) is 4.70. The lowest BCUT2D eigenvalue weighted by Crippen LogP contribution is -2.34. The predicted octanol–water partition coefficient (Wildman–Crippen LogP) is 3.90. The van der Waals surface area contributed by atoms with Gasteiger partial charge in [-0.25, -0.2) is 8.78 Å². The summed E-state index contributed by atoms with van der Waals surface area (Å²) in [7, 11) is 0. The van der Waals surface area contributed by atoms with Gasteiger partial charge in [-0.1, -0.05) is 19.8 Å². The van der Waals surface area contributed by atoms with Crippen molar-refractivity contribution in [3.8, 4) is 0 Å². The number of aliphatic hydroxyl groups excluding tert-OH is 1. The molecule has 1 atom stereocenters. The molecule has 1 fully saturated rings. The molecule has 118 valence electrons. The molecule has 2 nitrogen and oxygen atoms in total. The van der Waals surface area contributed by atoms with Gasteiger partial charge in [-0.15, -0.1) is 0 Å². The van der Waals surface area contributed by atoms with E-state index >= 15 is 0 Å². The average Bonchev–Trinajstić information content (AvgIpc) is 2.45. The highest BCUT2D eigenvalue weighted by atomic mass is 19.1. The lowest BCUT2D eigenvalue weighted by molar-refractivity contribution is 0.121. The SMILES string of the molecule is CCCC1CCN(CCC(O)c2cc(F)cc(F)c2)CC1. The second-order valence-electron chi connectivity index (χ2n) is 6.08. The van der Waals surface area contributed by atoms with Crippen molar-refractivity contribution in [3.63, 3.8) is 0 Å². The molecule has 21 heavy (non-hydrogen) atoms. The zero-order chi connectivity index (χ0) is 15.2. The smallest absolute Gasteiger partial charge is 0.126 e. The van der Waals surface area contributed by atoms with Crippen molar-refractivity contribution in [2.45, 2.75) is 45.1 Å². The van der Waals surface area contributed by atoms with Crippen LogP contribution in [0.15, 0.2) is 18.2 Å². The number of halogens is 2. The Bertz CT molecular complexity index is 424. The van der Waals surface area contributed by atoms with Gasteiger partial charge >= 0.3 is 0 Å². The fraction of sp³-hybridized carbons (Fsp3) is 0.647. The van der Waals surface area contributed by atoms with Gasteiger partial charge in [0.25, 0.3) is 0 Å². The Morgan fingerprint density at radius 1 is 1.19 bits per heavy atom. The molecule has 1 aromatic carbocycles. The van der Waals surface area contributed by atoms with Crippen LogP contribution < -0.4 is 0 Å². The van der Waals surface area contributed by atoms with Crippen LogP contribution in [0.25, 0.3) is 0 Å². The minimum atomic E-state index is -0.802. The zero-order valence-corrected chi connectivity index (χ0v) is 12.7. The minimum Gasteiger partial charge on any atom is -0.388 e.